The molecule has 6 atom stereocenters. The molecule has 23 nitrogen and oxygen atoms in total. The van der Waals surface area contributed by atoms with Gasteiger partial charge in [-0.15, -0.1) is 11.3 Å². The Morgan fingerprint density at radius 1 is 0.789 bits per heavy atom. The number of anilines is 1. The van der Waals surface area contributed by atoms with Crippen LogP contribution in [0.25, 0.3) is 10.1 Å². The molecule has 6 aliphatic heterocycles. The Hall–Kier alpha value is -7.65. The van der Waals surface area contributed by atoms with Crippen LogP contribution < -0.4 is 31.9 Å². The van der Waals surface area contributed by atoms with Gasteiger partial charge in [0.2, 0.25) is 41.4 Å². The van der Waals surface area contributed by atoms with Crippen molar-refractivity contribution in [3.05, 3.63) is 99.4 Å². The Kier molecular flexibility index (Phi) is 18.8. The predicted molar refractivity (Wildman–Crippen MR) is 319 cm³/mol. The SMILES string of the molecule is CC(C)(C)c1ccc(C[C@H](NC(=O)[C@H](CCC(N)=O)NC(=O)[C@@H]2CC[C@@H]3CCN(CC(F)F)C[C@H](NC(=O)c4cc5cc(C(F)(F)P(=O)(O)O)ccc5s4)C(=O)N32)C(=O)N2CCC(C3CN(c4ccc5c(c4)C(=O)N(C4CCC(=O)NC4=O)C5=O)C3)CC2)cc1. The van der Waals surface area contributed by atoms with Crippen molar-refractivity contribution in [3.63, 3.8) is 0 Å². The zero-order valence-electron chi connectivity index (χ0n) is 49.6. The minimum atomic E-state index is -5.94. The van der Waals surface area contributed by atoms with Gasteiger partial charge in [-0.2, -0.15) is 8.78 Å². The number of imide groups is 2. The zero-order chi connectivity index (χ0) is 64.9. The number of rotatable bonds is 19. The summed E-state index contributed by atoms with van der Waals surface area (Å²) in [5, 5.41) is 10.4. The fourth-order valence-corrected chi connectivity index (χ4v) is 14.5. The highest BCUT2D eigenvalue weighted by Crippen LogP contribution is 2.59. The van der Waals surface area contributed by atoms with E-state index in [-0.39, 0.29) is 107 Å². The highest BCUT2D eigenvalue weighted by Gasteiger charge is 2.51. The Morgan fingerprint density at radius 3 is 2.13 bits per heavy atom. The fraction of sp³-hybridized carbons (Fsp3) is 0.508. The van der Waals surface area contributed by atoms with Crippen LogP contribution in [-0.2, 0) is 55.6 Å². The molecule has 7 heterocycles. The summed E-state index contributed by atoms with van der Waals surface area (Å²) in [7, 11) is -5.94. The number of carbonyl (C=O) groups excluding carboxylic acids is 10. The minimum Gasteiger partial charge on any atom is -0.371 e. The van der Waals surface area contributed by atoms with Gasteiger partial charge >= 0.3 is 13.3 Å². The minimum absolute atomic E-state index is 0.00260. The lowest BCUT2D eigenvalue weighted by atomic mass is 9.79. The molecule has 3 aromatic carbocycles. The van der Waals surface area contributed by atoms with Gasteiger partial charge in [-0.1, -0.05) is 51.1 Å². The van der Waals surface area contributed by atoms with E-state index in [9.17, 15) is 79.9 Å². The van der Waals surface area contributed by atoms with E-state index < -0.39 is 128 Å². The van der Waals surface area contributed by atoms with Gasteiger partial charge < -0.3 is 46.2 Å². The number of likely N-dealkylation sites (tertiary alicyclic amines) is 1. The highest BCUT2D eigenvalue weighted by atomic mass is 32.1. The van der Waals surface area contributed by atoms with E-state index >= 15 is 0 Å². The summed E-state index contributed by atoms with van der Waals surface area (Å²) in [4.78, 5) is 162. The Labute approximate surface area is 518 Å². The Balaban J connectivity index is 0.815. The number of nitrogens with one attached hydrogen (secondary N) is 4. The first kappa shape index (κ1) is 65.3. The number of carbonyl (C=O) groups is 10. The number of primary amides is 1. The van der Waals surface area contributed by atoms with Gasteiger partial charge in [-0.05, 0) is 115 Å². The molecule has 0 spiro atoms. The molecule has 10 amide bonds. The summed E-state index contributed by atoms with van der Waals surface area (Å²) >= 11 is 0.811. The molecule has 5 saturated heterocycles. The number of piperidine rings is 2. The van der Waals surface area contributed by atoms with Crippen molar-refractivity contribution in [3.8, 4) is 0 Å². The third-order valence-electron chi connectivity index (χ3n) is 18.1. The van der Waals surface area contributed by atoms with Crippen molar-refractivity contribution >= 4 is 93.8 Å². The fourth-order valence-electron chi connectivity index (χ4n) is 13.1. The van der Waals surface area contributed by atoms with Crippen molar-refractivity contribution in [2.45, 2.75) is 139 Å². The third kappa shape index (κ3) is 13.8. The number of amides is 10. The lowest BCUT2D eigenvalue weighted by Crippen LogP contribution is -2.62. The van der Waals surface area contributed by atoms with Crippen molar-refractivity contribution < 1.29 is 79.9 Å². The largest absolute Gasteiger partial charge is 0.399 e. The van der Waals surface area contributed by atoms with Crippen LogP contribution in [-0.4, -0.2) is 177 Å². The average Bonchev–Trinajstić information content (AvgIpc) is 1.58. The Bertz CT molecular complexity index is 3590. The maximum Gasteiger partial charge on any atom is 0.399 e. The van der Waals surface area contributed by atoms with Gasteiger partial charge in [0, 0.05) is 80.5 Å². The summed E-state index contributed by atoms with van der Waals surface area (Å²) in [5.41, 5.74) is 2.67. The smallest absolute Gasteiger partial charge is 0.371 e. The van der Waals surface area contributed by atoms with Crippen molar-refractivity contribution in [2.75, 3.05) is 50.7 Å². The second kappa shape index (κ2) is 25.9. The number of fused-ring (bicyclic) bond motifs is 3. The molecule has 0 bridgehead atoms. The van der Waals surface area contributed by atoms with Gasteiger partial charge in [-0.25, -0.2) is 8.78 Å². The molecule has 8 N–H and O–H groups in total. The summed E-state index contributed by atoms with van der Waals surface area (Å²) in [6.45, 7) is 6.98. The summed E-state index contributed by atoms with van der Waals surface area (Å²) in [5.74, 6) is -6.46. The lowest BCUT2D eigenvalue weighted by Gasteiger charge is -2.47. The molecular formula is C61H71F4N10O13PS. The molecule has 0 radical (unpaired) electrons. The van der Waals surface area contributed by atoms with E-state index in [1.807, 2.05) is 24.3 Å². The molecule has 10 rings (SSSR count). The molecule has 1 aromatic heterocycles. The molecule has 90 heavy (non-hydrogen) atoms. The topological polar surface area (TPSA) is 319 Å². The third-order valence-corrected chi connectivity index (χ3v) is 20.2. The molecule has 0 saturated carbocycles. The number of benzene rings is 3. The van der Waals surface area contributed by atoms with Gasteiger partial charge in [-0.3, -0.25) is 67.6 Å². The van der Waals surface area contributed by atoms with Crippen molar-refractivity contribution in [1.29, 1.82) is 0 Å². The standard InChI is InChI=1S/C61H71F4N10O13PS/c1-60(2,3)36-6-4-32(5-7-36)24-43(58(84)72-22-18-33(19-23-72)35-28-73(29-35)39-9-11-40-41(27-39)57(83)75(56(40)82)46-14-17-51(77)70-54(46)80)68-52(78)42(12-16-50(66)76)67-53(79)45-13-10-38-20-21-71(31-49(62)63)30-44(59(85)74(38)45)69-55(81)48-26-34-25-37(8-15-47(34)90-48)61(64,65)89(86,87)88/h4-9,11,15,25-27,33,35,38,42-46,49H,10,12-14,16-24,28-31H2,1-3H3,(H2,66,76)(H,67,79)(H,68,78)(H,69,81)(H,70,77,80)(H2,86,87,88)/t38-,42+,43+,44+,45+,46?/m1/s1. The monoisotopic (exact) mass is 1290 g/mol. The summed E-state index contributed by atoms with van der Waals surface area (Å²) < 4.78 is 69.1. The number of thiophene rings is 1. The van der Waals surface area contributed by atoms with Gasteiger partial charge in [0.1, 0.15) is 30.2 Å². The molecule has 482 valence electrons. The summed E-state index contributed by atoms with van der Waals surface area (Å²) in [6, 6.07) is 9.33. The van der Waals surface area contributed by atoms with E-state index in [2.05, 4.69) is 46.9 Å². The van der Waals surface area contributed by atoms with E-state index in [0.29, 0.717) is 39.0 Å². The van der Waals surface area contributed by atoms with Gasteiger partial charge in [0.05, 0.1) is 22.5 Å². The first-order valence-corrected chi connectivity index (χ1v) is 32.4. The van der Waals surface area contributed by atoms with E-state index in [0.717, 1.165) is 51.3 Å². The second-order valence-corrected chi connectivity index (χ2v) is 27.9. The maximum atomic E-state index is 14.8. The highest BCUT2D eigenvalue weighted by molar-refractivity contribution is 7.52. The maximum absolute atomic E-state index is 14.8. The van der Waals surface area contributed by atoms with Crippen LogP contribution in [0.15, 0.2) is 66.7 Å². The van der Waals surface area contributed by atoms with Crippen LogP contribution in [0.5, 0.6) is 0 Å². The molecule has 5 fully saturated rings. The molecule has 1 unspecified atom stereocenters. The molecule has 4 aromatic rings. The normalized spacial score (nSPS) is 22.2. The van der Waals surface area contributed by atoms with Crippen LogP contribution >= 0.6 is 18.9 Å². The van der Waals surface area contributed by atoms with Crippen LogP contribution in [0.1, 0.15) is 126 Å². The first-order valence-electron chi connectivity index (χ1n) is 29.9. The molecule has 6 aliphatic rings. The number of halogens is 4. The van der Waals surface area contributed by atoms with Gasteiger partial charge in [0.15, 0.2) is 0 Å². The quantitative estimate of drug-likeness (QED) is 0.0395. The van der Waals surface area contributed by atoms with E-state index in [1.165, 1.54) is 15.9 Å². The molecule has 29 heteroatoms. The molecular weight excluding hydrogens is 1220 g/mol. The van der Waals surface area contributed by atoms with Crippen LogP contribution in [0, 0.1) is 11.8 Å². The molecule has 0 aliphatic carbocycles. The van der Waals surface area contributed by atoms with Crippen LogP contribution in [0.4, 0.5) is 23.2 Å². The average molecular weight is 1290 g/mol. The number of hydrogen-bond donors (Lipinski definition) is 7. The van der Waals surface area contributed by atoms with E-state index in [4.69, 9.17) is 5.73 Å². The number of alkyl halides is 4. The number of hydrogen-bond acceptors (Lipinski definition) is 14. The van der Waals surface area contributed by atoms with Crippen LogP contribution in [0.3, 0.4) is 0 Å². The zero-order valence-corrected chi connectivity index (χ0v) is 51.3. The van der Waals surface area contributed by atoms with Gasteiger partial charge in [0.25, 0.3) is 24.1 Å². The lowest BCUT2D eigenvalue weighted by molar-refractivity contribution is -0.144. The number of nitrogens with two attached hydrogens (primary N) is 1. The van der Waals surface area contributed by atoms with Crippen molar-refractivity contribution in [2.24, 2.45) is 17.6 Å². The first-order chi connectivity index (χ1) is 42.4. The Morgan fingerprint density at radius 2 is 1.48 bits per heavy atom. The summed E-state index contributed by atoms with van der Waals surface area (Å²) in [6.07, 6.45) is -1.75. The predicted octanol–water partition coefficient (Wildman–Crippen LogP) is 4.11. The number of nitrogens with zero attached hydrogens (tertiary/aromatic N) is 5. The van der Waals surface area contributed by atoms with Crippen LogP contribution in [0.2, 0.25) is 0 Å². The second-order valence-electron chi connectivity index (χ2n) is 25.2. The van der Waals surface area contributed by atoms with Crippen molar-refractivity contribution in [1.82, 2.24) is 40.9 Å². The van der Waals surface area contributed by atoms with E-state index in [1.54, 1.807) is 23.1 Å².